The van der Waals surface area contributed by atoms with Crippen molar-refractivity contribution in [1.29, 1.82) is 0 Å². The van der Waals surface area contributed by atoms with E-state index >= 15 is 0 Å². The zero-order valence-corrected chi connectivity index (χ0v) is 12.3. The third-order valence-corrected chi connectivity index (χ3v) is 3.83. The van der Waals surface area contributed by atoms with E-state index in [1.165, 1.54) is 6.33 Å². The molecule has 0 amide bonds. The van der Waals surface area contributed by atoms with Crippen molar-refractivity contribution >= 4 is 51.8 Å². The van der Waals surface area contributed by atoms with Gasteiger partial charge in [-0.1, -0.05) is 34.8 Å². The van der Waals surface area contributed by atoms with Gasteiger partial charge in [-0.3, -0.25) is 0 Å². The van der Waals surface area contributed by atoms with Crippen LogP contribution >= 0.6 is 34.8 Å². The predicted molar refractivity (Wildman–Crippen MR) is 80.5 cm³/mol. The third-order valence-electron chi connectivity index (χ3n) is 2.75. The Morgan fingerprint density at radius 3 is 2.65 bits per heavy atom. The SMILES string of the molecule is Clc1cc(Cl)c(CNc2ncnc3[nH]cnc23)cc1Cl. The molecule has 2 heterocycles. The van der Waals surface area contributed by atoms with Crippen molar-refractivity contribution in [3.05, 3.63) is 45.4 Å². The summed E-state index contributed by atoms with van der Waals surface area (Å²) >= 11 is 18.0. The Labute approximate surface area is 129 Å². The molecule has 102 valence electrons. The second-order valence-corrected chi connectivity index (χ2v) is 5.25. The number of imidazole rings is 1. The van der Waals surface area contributed by atoms with Crippen LogP contribution in [0.15, 0.2) is 24.8 Å². The molecule has 0 atom stereocenters. The van der Waals surface area contributed by atoms with E-state index in [-0.39, 0.29) is 0 Å². The molecule has 0 aliphatic carbocycles. The van der Waals surface area contributed by atoms with Crippen molar-refractivity contribution in [1.82, 2.24) is 19.9 Å². The number of benzene rings is 1. The highest BCUT2D eigenvalue weighted by Crippen LogP contribution is 2.29. The first-order valence-electron chi connectivity index (χ1n) is 5.66. The van der Waals surface area contributed by atoms with Gasteiger partial charge in [0.1, 0.15) is 11.8 Å². The lowest BCUT2D eigenvalue weighted by Crippen LogP contribution is -2.03. The van der Waals surface area contributed by atoms with Crippen molar-refractivity contribution in [3.63, 3.8) is 0 Å². The number of H-pyrrole nitrogens is 1. The van der Waals surface area contributed by atoms with Crippen LogP contribution in [-0.2, 0) is 6.54 Å². The van der Waals surface area contributed by atoms with Crippen LogP contribution in [0.5, 0.6) is 0 Å². The Morgan fingerprint density at radius 1 is 1.00 bits per heavy atom. The minimum Gasteiger partial charge on any atom is -0.364 e. The number of fused-ring (bicyclic) bond motifs is 1. The number of anilines is 1. The summed E-state index contributed by atoms with van der Waals surface area (Å²) in [5.74, 6) is 0.624. The van der Waals surface area contributed by atoms with Gasteiger partial charge in [0.05, 0.1) is 16.4 Å². The van der Waals surface area contributed by atoms with Crippen molar-refractivity contribution in [2.45, 2.75) is 6.54 Å². The molecular formula is C12H8Cl3N5. The summed E-state index contributed by atoms with van der Waals surface area (Å²) in [6.07, 6.45) is 3.02. The minimum atomic E-state index is 0.428. The molecule has 3 rings (SSSR count). The minimum absolute atomic E-state index is 0.428. The number of nitrogens with one attached hydrogen (secondary N) is 2. The molecule has 20 heavy (non-hydrogen) atoms. The predicted octanol–water partition coefficient (Wildman–Crippen LogP) is 3.93. The van der Waals surface area contributed by atoms with Gasteiger partial charge in [0, 0.05) is 11.6 Å². The van der Waals surface area contributed by atoms with Gasteiger partial charge < -0.3 is 10.3 Å². The van der Waals surface area contributed by atoms with Crippen LogP contribution in [0.25, 0.3) is 11.2 Å². The van der Waals surface area contributed by atoms with Gasteiger partial charge >= 0.3 is 0 Å². The Morgan fingerprint density at radius 2 is 1.80 bits per heavy atom. The second-order valence-electron chi connectivity index (χ2n) is 4.03. The molecule has 0 aliphatic rings. The van der Waals surface area contributed by atoms with Gasteiger partial charge in [-0.2, -0.15) is 0 Å². The Kier molecular flexibility index (Phi) is 3.65. The van der Waals surface area contributed by atoms with Gasteiger partial charge in [-0.25, -0.2) is 15.0 Å². The van der Waals surface area contributed by atoms with E-state index in [4.69, 9.17) is 34.8 Å². The maximum absolute atomic E-state index is 6.13. The highest BCUT2D eigenvalue weighted by atomic mass is 35.5. The van der Waals surface area contributed by atoms with Crippen molar-refractivity contribution in [2.75, 3.05) is 5.32 Å². The van der Waals surface area contributed by atoms with Crippen LogP contribution in [0, 0.1) is 0 Å². The van der Waals surface area contributed by atoms with Gasteiger partial charge in [0.15, 0.2) is 11.5 Å². The molecule has 0 bridgehead atoms. The molecule has 0 saturated heterocycles. The van der Waals surface area contributed by atoms with E-state index in [1.807, 2.05) is 0 Å². The third kappa shape index (κ3) is 2.52. The van der Waals surface area contributed by atoms with E-state index in [0.29, 0.717) is 38.6 Å². The molecule has 5 nitrogen and oxygen atoms in total. The number of nitrogens with zero attached hydrogens (tertiary/aromatic N) is 3. The number of hydrogen-bond donors (Lipinski definition) is 2. The zero-order valence-electron chi connectivity index (χ0n) is 9.99. The summed E-state index contributed by atoms with van der Waals surface area (Å²) in [4.78, 5) is 15.3. The van der Waals surface area contributed by atoms with Gasteiger partial charge in [0.2, 0.25) is 0 Å². The fraction of sp³-hybridized carbons (Fsp3) is 0.0833. The first kappa shape index (κ1) is 13.4. The van der Waals surface area contributed by atoms with Gasteiger partial charge in [-0.05, 0) is 17.7 Å². The molecule has 0 aliphatic heterocycles. The Bertz CT molecular complexity index is 771. The molecule has 0 spiro atoms. The van der Waals surface area contributed by atoms with Gasteiger partial charge in [0.25, 0.3) is 0 Å². The van der Waals surface area contributed by atoms with Crippen LogP contribution in [0.2, 0.25) is 15.1 Å². The zero-order chi connectivity index (χ0) is 14.1. The molecule has 0 fully saturated rings. The number of hydrogen-bond acceptors (Lipinski definition) is 4. The average Bonchev–Trinajstić information content (AvgIpc) is 2.90. The molecule has 0 saturated carbocycles. The summed E-state index contributed by atoms with van der Waals surface area (Å²) in [6.45, 7) is 0.453. The first-order chi connectivity index (χ1) is 9.65. The van der Waals surface area contributed by atoms with Crippen molar-refractivity contribution < 1.29 is 0 Å². The van der Waals surface area contributed by atoms with Crippen LogP contribution in [0.3, 0.4) is 0 Å². The summed E-state index contributed by atoms with van der Waals surface area (Å²) in [5, 5.41) is 4.59. The van der Waals surface area contributed by atoms with Gasteiger partial charge in [-0.15, -0.1) is 0 Å². The molecule has 2 aromatic heterocycles. The van der Waals surface area contributed by atoms with E-state index in [9.17, 15) is 0 Å². The second kappa shape index (κ2) is 5.44. The highest BCUT2D eigenvalue weighted by molar-refractivity contribution is 6.43. The van der Waals surface area contributed by atoms with Crippen molar-refractivity contribution in [3.8, 4) is 0 Å². The summed E-state index contributed by atoms with van der Waals surface area (Å²) in [7, 11) is 0. The van der Waals surface area contributed by atoms with E-state index < -0.39 is 0 Å². The lowest BCUT2D eigenvalue weighted by Gasteiger charge is -2.09. The maximum atomic E-state index is 6.13. The van der Waals surface area contributed by atoms with Crippen LogP contribution in [0.4, 0.5) is 5.82 Å². The molecule has 2 N–H and O–H groups in total. The lowest BCUT2D eigenvalue weighted by molar-refractivity contribution is 1.10. The molecule has 8 heteroatoms. The van der Waals surface area contributed by atoms with Crippen LogP contribution in [0.1, 0.15) is 5.56 Å². The lowest BCUT2D eigenvalue weighted by atomic mass is 10.2. The number of halogens is 3. The van der Waals surface area contributed by atoms with E-state index in [2.05, 4.69) is 25.3 Å². The topological polar surface area (TPSA) is 66.5 Å². The summed E-state index contributed by atoms with van der Waals surface area (Å²) in [5.41, 5.74) is 2.16. The van der Waals surface area contributed by atoms with E-state index in [0.717, 1.165) is 5.56 Å². The fourth-order valence-electron chi connectivity index (χ4n) is 1.77. The number of rotatable bonds is 3. The maximum Gasteiger partial charge on any atom is 0.162 e. The Balaban J connectivity index is 1.86. The smallest absolute Gasteiger partial charge is 0.162 e. The Hall–Kier alpha value is -1.56. The largest absolute Gasteiger partial charge is 0.364 e. The molecule has 0 radical (unpaired) electrons. The molecular weight excluding hydrogens is 321 g/mol. The van der Waals surface area contributed by atoms with Crippen LogP contribution in [-0.4, -0.2) is 19.9 Å². The monoisotopic (exact) mass is 327 g/mol. The fourth-order valence-corrected chi connectivity index (χ4v) is 2.41. The quantitative estimate of drug-likeness (QED) is 0.715. The molecule has 1 aromatic carbocycles. The average molecular weight is 329 g/mol. The molecule has 0 unspecified atom stereocenters. The van der Waals surface area contributed by atoms with Crippen molar-refractivity contribution in [2.24, 2.45) is 0 Å². The summed E-state index contributed by atoms with van der Waals surface area (Å²) < 4.78 is 0. The standard InChI is InChI=1S/C12H8Cl3N5/c13-7-2-9(15)8(14)1-6(7)3-16-11-10-12(18-4-17-10)20-5-19-11/h1-2,4-5H,3H2,(H2,16,17,18,19,20). The number of aromatic nitrogens is 4. The normalized spacial score (nSPS) is 10.9. The first-order valence-corrected chi connectivity index (χ1v) is 6.80. The number of aromatic amines is 1. The van der Waals surface area contributed by atoms with Crippen LogP contribution < -0.4 is 5.32 Å². The molecule has 3 aromatic rings. The highest BCUT2D eigenvalue weighted by Gasteiger charge is 2.09. The summed E-state index contributed by atoms with van der Waals surface area (Å²) in [6, 6.07) is 3.34. The van der Waals surface area contributed by atoms with E-state index in [1.54, 1.807) is 18.5 Å².